The van der Waals surface area contributed by atoms with Crippen molar-refractivity contribution >= 4 is 29.4 Å². The quantitative estimate of drug-likeness (QED) is 0.804. The van der Waals surface area contributed by atoms with Crippen LogP contribution in [0.4, 0.5) is 0 Å². The van der Waals surface area contributed by atoms with Gasteiger partial charge in [0.2, 0.25) is 0 Å². The number of hydrogen-bond donors (Lipinski definition) is 0. The number of fused-ring (bicyclic) bond motifs is 1. The van der Waals surface area contributed by atoms with Gasteiger partial charge in [-0.1, -0.05) is 29.8 Å². The minimum absolute atomic E-state index is 0.0839. The van der Waals surface area contributed by atoms with Crippen molar-refractivity contribution in [2.45, 2.75) is 6.54 Å². The van der Waals surface area contributed by atoms with E-state index in [2.05, 4.69) is 0 Å². The molecule has 0 bridgehead atoms. The van der Waals surface area contributed by atoms with E-state index < -0.39 is 17.8 Å². The zero-order chi connectivity index (χ0) is 15.9. The number of carbonyl (C=O) groups is 3. The maximum Gasteiger partial charge on any atom is 0.261 e. The van der Waals surface area contributed by atoms with Crippen LogP contribution in [0, 0.1) is 0 Å². The molecule has 0 saturated carbocycles. The van der Waals surface area contributed by atoms with E-state index >= 15 is 0 Å². The Hall–Kier alpha value is -2.66. The van der Waals surface area contributed by atoms with E-state index in [4.69, 9.17) is 11.6 Å². The van der Waals surface area contributed by atoms with Gasteiger partial charge in [-0.15, -0.1) is 0 Å². The Morgan fingerprint density at radius 1 is 1.00 bits per heavy atom. The summed E-state index contributed by atoms with van der Waals surface area (Å²) in [6.07, 6.45) is 0. The predicted molar refractivity (Wildman–Crippen MR) is 76.4 cm³/mol. The summed E-state index contributed by atoms with van der Waals surface area (Å²) in [5.41, 5.74) is 0.900. The Balaban J connectivity index is 1.92. The van der Waals surface area contributed by atoms with Crippen LogP contribution in [0.3, 0.4) is 0 Å². The normalized spacial score (nSPS) is 13.4. The van der Waals surface area contributed by atoms with Crippen LogP contribution >= 0.6 is 11.6 Å². The summed E-state index contributed by atoms with van der Waals surface area (Å²) in [6, 6.07) is 10.5. The van der Waals surface area contributed by atoms with Crippen LogP contribution < -0.4 is 5.11 Å². The van der Waals surface area contributed by atoms with Crippen molar-refractivity contribution in [2.24, 2.45) is 0 Å². The van der Waals surface area contributed by atoms with Gasteiger partial charge < -0.3 is 9.90 Å². The fourth-order valence-corrected chi connectivity index (χ4v) is 2.46. The van der Waals surface area contributed by atoms with Crippen LogP contribution in [-0.2, 0) is 6.54 Å². The summed E-state index contributed by atoms with van der Waals surface area (Å²) in [5.74, 6) is -2.35. The first-order valence-corrected chi connectivity index (χ1v) is 6.81. The number of amides is 2. The molecule has 0 unspecified atom stereocenters. The molecule has 0 radical (unpaired) electrons. The number of aromatic carboxylic acids is 1. The second-order valence-electron chi connectivity index (χ2n) is 4.87. The SMILES string of the molecule is O=C([O-])c1ccc2c(c1)C(=O)N(Cc1ccc(Cl)cc1)C2=O. The second kappa shape index (κ2) is 5.27. The topological polar surface area (TPSA) is 77.5 Å². The number of halogens is 1. The summed E-state index contributed by atoms with van der Waals surface area (Å²) in [5, 5.41) is 11.4. The molecular weight excluding hydrogens is 306 g/mol. The van der Waals surface area contributed by atoms with Crippen molar-refractivity contribution in [3.63, 3.8) is 0 Å². The second-order valence-corrected chi connectivity index (χ2v) is 5.31. The molecule has 0 spiro atoms. The van der Waals surface area contributed by atoms with Crippen LogP contribution in [0.1, 0.15) is 36.6 Å². The lowest BCUT2D eigenvalue weighted by atomic mass is 10.1. The van der Waals surface area contributed by atoms with Crippen LogP contribution in [0.15, 0.2) is 42.5 Å². The lowest BCUT2D eigenvalue weighted by molar-refractivity contribution is -0.255. The van der Waals surface area contributed by atoms with Crippen LogP contribution in [0.2, 0.25) is 5.02 Å². The highest BCUT2D eigenvalue weighted by Crippen LogP contribution is 2.25. The minimum atomic E-state index is -1.39. The Morgan fingerprint density at radius 3 is 2.27 bits per heavy atom. The Bertz CT molecular complexity index is 798. The molecule has 1 heterocycles. The first kappa shape index (κ1) is 14.3. The summed E-state index contributed by atoms with van der Waals surface area (Å²) in [4.78, 5) is 36.5. The van der Waals surface area contributed by atoms with Gasteiger partial charge >= 0.3 is 0 Å². The molecule has 2 aromatic carbocycles. The van der Waals surface area contributed by atoms with Gasteiger partial charge in [-0.05, 0) is 35.4 Å². The van der Waals surface area contributed by atoms with Gasteiger partial charge in [-0.3, -0.25) is 14.5 Å². The highest BCUT2D eigenvalue weighted by Gasteiger charge is 2.35. The summed E-state index contributed by atoms with van der Waals surface area (Å²) in [7, 11) is 0. The maximum absolute atomic E-state index is 12.3. The number of hydrogen-bond acceptors (Lipinski definition) is 4. The number of nitrogens with zero attached hydrogens (tertiary/aromatic N) is 1. The number of carboxylic acid groups (broad SMARTS) is 1. The van der Waals surface area contributed by atoms with Crippen LogP contribution in [0.25, 0.3) is 0 Å². The van der Waals surface area contributed by atoms with Gasteiger partial charge in [-0.25, -0.2) is 0 Å². The smallest absolute Gasteiger partial charge is 0.261 e. The zero-order valence-electron chi connectivity index (χ0n) is 11.2. The van der Waals surface area contributed by atoms with Gasteiger partial charge in [0.25, 0.3) is 11.8 Å². The summed E-state index contributed by atoms with van der Waals surface area (Å²) < 4.78 is 0. The molecule has 2 aromatic rings. The molecule has 5 nitrogen and oxygen atoms in total. The highest BCUT2D eigenvalue weighted by atomic mass is 35.5. The van der Waals surface area contributed by atoms with Crippen molar-refractivity contribution < 1.29 is 19.5 Å². The first-order valence-electron chi connectivity index (χ1n) is 6.43. The molecule has 0 saturated heterocycles. The molecule has 0 aliphatic carbocycles. The summed E-state index contributed by atoms with van der Waals surface area (Å²) in [6.45, 7) is 0.101. The lowest BCUT2D eigenvalue weighted by Crippen LogP contribution is -2.29. The van der Waals surface area contributed by atoms with Crippen LogP contribution in [-0.4, -0.2) is 22.7 Å². The molecule has 22 heavy (non-hydrogen) atoms. The average Bonchev–Trinajstić information content (AvgIpc) is 2.74. The van der Waals surface area contributed by atoms with Crippen LogP contribution in [0.5, 0.6) is 0 Å². The standard InChI is InChI=1S/C16H10ClNO4/c17-11-4-1-9(2-5-11)8-18-14(19)12-6-3-10(16(21)22)7-13(12)15(18)20/h1-7H,8H2,(H,21,22)/p-1. The molecular formula is C16H9ClNO4-. The van der Waals surface area contributed by atoms with Gasteiger partial charge in [0, 0.05) is 5.02 Å². The molecule has 1 aliphatic rings. The molecule has 6 heteroatoms. The lowest BCUT2D eigenvalue weighted by Gasteiger charge is -2.13. The van der Waals surface area contributed by atoms with E-state index in [-0.39, 0.29) is 23.2 Å². The number of rotatable bonds is 3. The van der Waals surface area contributed by atoms with E-state index in [1.54, 1.807) is 24.3 Å². The van der Waals surface area contributed by atoms with Crippen molar-refractivity contribution in [2.75, 3.05) is 0 Å². The van der Waals surface area contributed by atoms with Crippen molar-refractivity contribution in [1.82, 2.24) is 4.90 Å². The Labute approximate surface area is 130 Å². The minimum Gasteiger partial charge on any atom is -0.545 e. The molecule has 0 fully saturated rings. The fourth-order valence-electron chi connectivity index (χ4n) is 2.33. The average molecular weight is 315 g/mol. The molecule has 1 aliphatic heterocycles. The van der Waals surface area contributed by atoms with Crippen molar-refractivity contribution in [1.29, 1.82) is 0 Å². The third-order valence-corrected chi connectivity index (χ3v) is 3.71. The van der Waals surface area contributed by atoms with E-state index in [1.807, 2.05) is 0 Å². The molecule has 0 aromatic heterocycles. The third-order valence-electron chi connectivity index (χ3n) is 3.46. The van der Waals surface area contributed by atoms with E-state index in [0.717, 1.165) is 10.5 Å². The fraction of sp³-hybridized carbons (Fsp3) is 0.0625. The zero-order valence-corrected chi connectivity index (χ0v) is 12.0. The molecule has 0 N–H and O–H groups in total. The Kier molecular flexibility index (Phi) is 3.42. The van der Waals surface area contributed by atoms with E-state index in [0.29, 0.717) is 5.02 Å². The molecule has 2 amide bonds. The van der Waals surface area contributed by atoms with E-state index in [1.165, 1.54) is 18.2 Å². The van der Waals surface area contributed by atoms with Gasteiger partial charge in [0.05, 0.1) is 23.6 Å². The number of imide groups is 1. The number of carboxylic acids is 1. The highest BCUT2D eigenvalue weighted by molar-refractivity contribution is 6.30. The molecule has 110 valence electrons. The van der Waals surface area contributed by atoms with Gasteiger partial charge in [0.15, 0.2) is 0 Å². The van der Waals surface area contributed by atoms with Crippen molar-refractivity contribution in [3.05, 3.63) is 69.7 Å². The van der Waals surface area contributed by atoms with Gasteiger partial charge in [-0.2, -0.15) is 0 Å². The molecule has 3 rings (SSSR count). The number of carbonyl (C=O) groups excluding carboxylic acids is 3. The molecule has 0 atom stereocenters. The van der Waals surface area contributed by atoms with Gasteiger partial charge in [0.1, 0.15) is 0 Å². The largest absolute Gasteiger partial charge is 0.545 e. The van der Waals surface area contributed by atoms with Crippen molar-refractivity contribution in [3.8, 4) is 0 Å². The summed E-state index contributed by atoms with van der Waals surface area (Å²) >= 11 is 5.80. The van der Waals surface area contributed by atoms with E-state index in [9.17, 15) is 19.5 Å². The predicted octanol–water partition coefficient (Wildman–Crippen LogP) is 1.50. The number of benzene rings is 2. The third kappa shape index (κ3) is 2.35. The Morgan fingerprint density at radius 2 is 1.64 bits per heavy atom. The first-order chi connectivity index (χ1) is 10.5. The maximum atomic E-state index is 12.3. The monoisotopic (exact) mass is 314 g/mol.